The Balaban J connectivity index is 4.02. The van der Waals surface area contributed by atoms with Gasteiger partial charge >= 0.3 is 15.3 Å². The Morgan fingerprint density at radius 2 is 1.73 bits per heavy atom. The van der Waals surface area contributed by atoms with Gasteiger partial charge in [-0.1, -0.05) is 6.92 Å². The second-order valence-corrected chi connectivity index (χ2v) is 5.21. The van der Waals surface area contributed by atoms with Gasteiger partial charge in [0.15, 0.2) is 0 Å². The van der Waals surface area contributed by atoms with Crippen LogP contribution in [-0.2, 0) is 18.4 Å². The van der Waals surface area contributed by atoms with Crippen molar-refractivity contribution < 1.29 is 18.4 Å². The Kier molecular flexibility index (Phi) is 8.65. The summed E-state index contributed by atoms with van der Waals surface area (Å²) in [7, 11) is -1.65. The lowest BCUT2D eigenvalue weighted by atomic mass is 10.3. The van der Waals surface area contributed by atoms with Crippen LogP contribution in [0, 0.1) is 0 Å². The van der Waals surface area contributed by atoms with Crippen molar-refractivity contribution in [2.75, 3.05) is 13.2 Å². The minimum absolute atomic E-state index is 0.0581. The van der Waals surface area contributed by atoms with Crippen molar-refractivity contribution in [1.82, 2.24) is 0 Å². The normalized spacial score (nSPS) is 12.9. The lowest BCUT2D eigenvalue weighted by Crippen LogP contribution is -2.30. The van der Waals surface area contributed by atoms with Gasteiger partial charge in [-0.3, -0.25) is 4.79 Å². The Bertz CT molecular complexity index is 169. The van der Waals surface area contributed by atoms with Crippen molar-refractivity contribution in [1.29, 1.82) is 0 Å². The molecule has 0 radical (unpaired) electrons. The van der Waals surface area contributed by atoms with Crippen LogP contribution in [0.5, 0.6) is 0 Å². The van der Waals surface area contributed by atoms with Crippen LogP contribution in [0.3, 0.4) is 0 Å². The molecule has 0 fully saturated rings. The number of hydrogen-bond acceptors (Lipinski definition) is 4. The smallest absolute Gasteiger partial charge is 0.325 e. The van der Waals surface area contributed by atoms with E-state index in [-0.39, 0.29) is 12.1 Å². The predicted molar refractivity (Wildman–Crippen MR) is 61.1 cm³/mol. The van der Waals surface area contributed by atoms with Crippen LogP contribution < -0.4 is 0 Å². The Labute approximate surface area is 93.8 Å². The van der Waals surface area contributed by atoms with Gasteiger partial charge in [0.25, 0.3) is 0 Å². The lowest BCUT2D eigenvalue weighted by Gasteiger charge is -2.20. The van der Waals surface area contributed by atoms with E-state index in [1.165, 1.54) is 6.92 Å². The van der Waals surface area contributed by atoms with Crippen LogP contribution in [0.2, 0.25) is 6.04 Å². The maximum absolute atomic E-state index is 10.8. The van der Waals surface area contributed by atoms with Crippen LogP contribution in [-0.4, -0.2) is 34.6 Å². The van der Waals surface area contributed by atoms with Gasteiger partial charge in [0.2, 0.25) is 0 Å². The molecule has 4 nitrogen and oxygen atoms in total. The summed E-state index contributed by atoms with van der Waals surface area (Å²) < 4.78 is 16.2. The zero-order valence-electron chi connectivity index (χ0n) is 10.1. The standard InChI is InChI=1S/C10H22O4Si/c1-5-10(14-9(4)11)8-15(12-6-2)13-7-3/h10,15H,5-8H2,1-4H3. The van der Waals surface area contributed by atoms with E-state index in [1.807, 2.05) is 20.8 Å². The largest absolute Gasteiger partial charge is 0.463 e. The number of carbonyl (C=O) groups excluding carboxylic acids is 1. The Hall–Kier alpha value is -0.393. The molecule has 0 aromatic rings. The quantitative estimate of drug-likeness (QED) is 0.473. The van der Waals surface area contributed by atoms with Gasteiger partial charge in [0.1, 0.15) is 6.10 Å². The first kappa shape index (κ1) is 14.6. The van der Waals surface area contributed by atoms with Crippen molar-refractivity contribution in [3.63, 3.8) is 0 Å². The zero-order chi connectivity index (χ0) is 11.7. The van der Waals surface area contributed by atoms with E-state index in [0.717, 1.165) is 12.5 Å². The summed E-state index contributed by atoms with van der Waals surface area (Å²) in [6, 6.07) is 0.734. The van der Waals surface area contributed by atoms with Crippen molar-refractivity contribution in [3.05, 3.63) is 0 Å². The highest BCUT2D eigenvalue weighted by atomic mass is 28.3. The first-order chi connectivity index (χ1) is 7.13. The number of rotatable bonds is 8. The topological polar surface area (TPSA) is 44.8 Å². The summed E-state index contributed by atoms with van der Waals surface area (Å²) in [5.41, 5.74) is 0. The molecule has 0 heterocycles. The zero-order valence-corrected chi connectivity index (χ0v) is 11.3. The summed E-state index contributed by atoms with van der Waals surface area (Å²) in [5, 5.41) is 0. The molecule has 0 N–H and O–H groups in total. The van der Waals surface area contributed by atoms with Crippen molar-refractivity contribution in [3.8, 4) is 0 Å². The average Bonchev–Trinajstić information content (AvgIpc) is 2.16. The van der Waals surface area contributed by atoms with Crippen molar-refractivity contribution in [2.24, 2.45) is 0 Å². The molecule has 0 rings (SSSR count). The third kappa shape index (κ3) is 7.53. The van der Waals surface area contributed by atoms with E-state index < -0.39 is 9.28 Å². The molecule has 15 heavy (non-hydrogen) atoms. The fourth-order valence-electron chi connectivity index (χ4n) is 1.30. The highest BCUT2D eigenvalue weighted by molar-refractivity contribution is 6.44. The second kappa shape index (κ2) is 8.88. The van der Waals surface area contributed by atoms with Crippen LogP contribution in [0.4, 0.5) is 0 Å². The Morgan fingerprint density at radius 1 is 1.20 bits per heavy atom. The fraction of sp³-hybridized carbons (Fsp3) is 0.900. The maximum atomic E-state index is 10.8. The molecular formula is C10H22O4Si. The molecule has 90 valence electrons. The van der Waals surface area contributed by atoms with Gasteiger partial charge in [0.05, 0.1) is 0 Å². The molecule has 1 atom stereocenters. The number of carbonyl (C=O) groups is 1. The van der Waals surface area contributed by atoms with E-state index >= 15 is 0 Å². The minimum Gasteiger partial charge on any atom is -0.463 e. The first-order valence-electron chi connectivity index (χ1n) is 5.54. The Morgan fingerprint density at radius 3 is 2.07 bits per heavy atom. The average molecular weight is 234 g/mol. The fourth-order valence-corrected chi connectivity index (χ4v) is 3.27. The summed E-state index contributed by atoms with van der Waals surface area (Å²) in [4.78, 5) is 10.8. The van der Waals surface area contributed by atoms with Gasteiger partial charge in [-0.05, 0) is 20.3 Å². The highest BCUT2D eigenvalue weighted by Gasteiger charge is 2.20. The van der Waals surface area contributed by atoms with E-state index in [2.05, 4.69) is 0 Å². The number of ether oxygens (including phenoxy) is 1. The van der Waals surface area contributed by atoms with E-state index in [4.69, 9.17) is 13.6 Å². The molecule has 0 aromatic heterocycles. The molecule has 0 bridgehead atoms. The molecule has 0 aliphatic heterocycles. The predicted octanol–water partition coefficient (Wildman–Crippen LogP) is 1.62. The van der Waals surface area contributed by atoms with Crippen LogP contribution in [0.25, 0.3) is 0 Å². The second-order valence-electron chi connectivity index (χ2n) is 3.22. The summed E-state index contributed by atoms with van der Waals surface area (Å²) >= 11 is 0. The molecule has 0 amide bonds. The monoisotopic (exact) mass is 234 g/mol. The van der Waals surface area contributed by atoms with Crippen LogP contribution >= 0.6 is 0 Å². The molecule has 0 aliphatic rings. The van der Waals surface area contributed by atoms with Crippen molar-refractivity contribution >= 4 is 15.3 Å². The summed E-state index contributed by atoms with van der Waals surface area (Å²) in [6.45, 7) is 8.65. The first-order valence-corrected chi connectivity index (χ1v) is 7.30. The molecule has 0 aliphatic carbocycles. The van der Waals surface area contributed by atoms with Crippen LogP contribution in [0.15, 0.2) is 0 Å². The van der Waals surface area contributed by atoms with E-state index in [1.54, 1.807) is 0 Å². The van der Waals surface area contributed by atoms with Gasteiger partial charge in [0, 0.05) is 26.2 Å². The van der Waals surface area contributed by atoms with Gasteiger partial charge < -0.3 is 13.6 Å². The summed E-state index contributed by atoms with van der Waals surface area (Å²) in [5.74, 6) is -0.234. The third-order valence-corrected chi connectivity index (χ3v) is 4.27. The van der Waals surface area contributed by atoms with Crippen molar-refractivity contribution in [2.45, 2.75) is 46.3 Å². The third-order valence-electron chi connectivity index (χ3n) is 1.95. The SMILES string of the molecule is CCO[SiH](CC(CC)OC(C)=O)OCC. The molecule has 5 heteroatoms. The number of hydrogen-bond donors (Lipinski definition) is 0. The van der Waals surface area contributed by atoms with Gasteiger partial charge in [-0.2, -0.15) is 0 Å². The van der Waals surface area contributed by atoms with E-state index in [0.29, 0.717) is 13.2 Å². The minimum atomic E-state index is -1.65. The highest BCUT2D eigenvalue weighted by Crippen LogP contribution is 2.10. The molecule has 0 aromatic carbocycles. The van der Waals surface area contributed by atoms with Gasteiger partial charge in [-0.15, -0.1) is 0 Å². The maximum Gasteiger partial charge on any atom is 0.325 e. The molecule has 0 saturated heterocycles. The molecular weight excluding hydrogens is 212 g/mol. The molecule has 1 unspecified atom stereocenters. The lowest BCUT2D eigenvalue weighted by molar-refractivity contribution is -0.145. The summed E-state index contributed by atoms with van der Waals surface area (Å²) in [6.07, 6.45) is 0.751. The van der Waals surface area contributed by atoms with Crippen LogP contribution in [0.1, 0.15) is 34.1 Å². The molecule has 0 saturated carbocycles. The van der Waals surface area contributed by atoms with E-state index in [9.17, 15) is 4.79 Å². The molecule has 0 spiro atoms. The number of esters is 1. The van der Waals surface area contributed by atoms with Gasteiger partial charge in [-0.25, -0.2) is 0 Å².